The van der Waals surface area contributed by atoms with Crippen molar-refractivity contribution >= 4 is 23.5 Å². The number of hydrogen-bond donors (Lipinski definition) is 0. The summed E-state index contributed by atoms with van der Waals surface area (Å²) in [7, 11) is 0. The van der Waals surface area contributed by atoms with Crippen LogP contribution in [0.25, 0.3) is 0 Å². The maximum absolute atomic E-state index is 12.7. The first kappa shape index (κ1) is 20.5. The topological polar surface area (TPSA) is 36.4 Å². The quantitative estimate of drug-likeness (QED) is 0.694. The van der Waals surface area contributed by atoms with Gasteiger partial charge in [-0.15, -0.1) is 11.8 Å². The van der Waals surface area contributed by atoms with Crippen LogP contribution in [-0.2, 0) is 6.18 Å². The normalized spacial score (nSPS) is 15.2. The summed E-state index contributed by atoms with van der Waals surface area (Å²) in [5, 5.41) is 0.480. The van der Waals surface area contributed by atoms with Gasteiger partial charge < -0.3 is 9.80 Å². The van der Waals surface area contributed by atoms with E-state index in [0.717, 1.165) is 17.2 Å². The summed E-state index contributed by atoms with van der Waals surface area (Å²) >= 11 is 1.75. The molecule has 0 saturated carbocycles. The van der Waals surface area contributed by atoms with E-state index in [-0.39, 0.29) is 5.91 Å². The lowest BCUT2D eigenvalue weighted by atomic mass is 10.2. The number of halogens is 3. The SMILES string of the molecule is CC(C)Sc1ccc(C(=O)N2CCN(c3ccc(C(F)(F)F)cn3)CC2)cc1. The lowest BCUT2D eigenvalue weighted by Crippen LogP contribution is -2.49. The van der Waals surface area contributed by atoms with E-state index >= 15 is 0 Å². The molecule has 28 heavy (non-hydrogen) atoms. The second-order valence-corrected chi connectivity index (χ2v) is 8.52. The number of pyridine rings is 1. The van der Waals surface area contributed by atoms with Crippen molar-refractivity contribution < 1.29 is 18.0 Å². The molecular formula is C20H22F3N3OS. The Morgan fingerprint density at radius 1 is 1.04 bits per heavy atom. The molecule has 4 nitrogen and oxygen atoms in total. The predicted octanol–water partition coefficient (Wildman–Crippen LogP) is 4.56. The number of benzene rings is 1. The van der Waals surface area contributed by atoms with Gasteiger partial charge in [0.05, 0.1) is 5.56 Å². The third-order valence-corrected chi connectivity index (χ3v) is 5.45. The van der Waals surface area contributed by atoms with Crippen molar-refractivity contribution in [3.63, 3.8) is 0 Å². The highest BCUT2D eigenvalue weighted by Crippen LogP contribution is 2.29. The fourth-order valence-electron chi connectivity index (χ4n) is 3.01. The zero-order chi connectivity index (χ0) is 20.3. The van der Waals surface area contributed by atoms with Crippen molar-refractivity contribution in [3.8, 4) is 0 Å². The first-order chi connectivity index (χ1) is 13.2. The number of carbonyl (C=O) groups is 1. The van der Waals surface area contributed by atoms with Gasteiger partial charge in [-0.25, -0.2) is 4.98 Å². The number of nitrogens with zero attached hydrogens (tertiary/aromatic N) is 3. The van der Waals surface area contributed by atoms with Gasteiger partial charge in [0.2, 0.25) is 0 Å². The van der Waals surface area contributed by atoms with Crippen molar-refractivity contribution in [1.29, 1.82) is 0 Å². The van der Waals surface area contributed by atoms with E-state index in [1.807, 2.05) is 29.2 Å². The lowest BCUT2D eigenvalue weighted by molar-refractivity contribution is -0.137. The number of thioether (sulfide) groups is 1. The van der Waals surface area contributed by atoms with Crippen LogP contribution in [0.5, 0.6) is 0 Å². The van der Waals surface area contributed by atoms with Crippen LogP contribution >= 0.6 is 11.8 Å². The summed E-state index contributed by atoms with van der Waals surface area (Å²) in [4.78, 5) is 21.4. The Hall–Kier alpha value is -2.22. The third-order valence-electron chi connectivity index (χ3n) is 4.44. The van der Waals surface area contributed by atoms with Gasteiger partial charge in [-0.05, 0) is 36.4 Å². The number of rotatable bonds is 4. The monoisotopic (exact) mass is 409 g/mol. The molecule has 0 aliphatic carbocycles. The zero-order valence-corrected chi connectivity index (χ0v) is 16.6. The minimum atomic E-state index is -4.39. The van der Waals surface area contributed by atoms with Gasteiger partial charge in [0.25, 0.3) is 5.91 Å². The van der Waals surface area contributed by atoms with E-state index in [1.165, 1.54) is 6.07 Å². The summed E-state index contributed by atoms with van der Waals surface area (Å²) in [6, 6.07) is 10.0. The van der Waals surface area contributed by atoms with Crippen molar-refractivity contribution in [1.82, 2.24) is 9.88 Å². The molecule has 1 amide bonds. The van der Waals surface area contributed by atoms with Gasteiger partial charge in [0, 0.05) is 48.1 Å². The molecule has 0 unspecified atom stereocenters. The van der Waals surface area contributed by atoms with Gasteiger partial charge in [0.1, 0.15) is 5.82 Å². The average Bonchev–Trinajstić information content (AvgIpc) is 2.67. The fraction of sp³-hybridized carbons (Fsp3) is 0.400. The maximum atomic E-state index is 12.7. The summed E-state index contributed by atoms with van der Waals surface area (Å²) in [6.07, 6.45) is -3.54. The molecule has 1 saturated heterocycles. The molecule has 0 atom stereocenters. The summed E-state index contributed by atoms with van der Waals surface area (Å²) < 4.78 is 38.0. The van der Waals surface area contributed by atoms with Crippen molar-refractivity contribution in [2.24, 2.45) is 0 Å². The van der Waals surface area contributed by atoms with Crippen molar-refractivity contribution in [3.05, 3.63) is 53.7 Å². The van der Waals surface area contributed by atoms with E-state index in [1.54, 1.807) is 16.7 Å². The molecule has 8 heteroatoms. The summed E-state index contributed by atoms with van der Waals surface area (Å²) in [6.45, 7) is 6.31. The Morgan fingerprint density at radius 2 is 1.68 bits per heavy atom. The minimum absolute atomic E-state index is 0.0267. The molecule has 1 aliphatic rings. The molecule has 0 radical (unpaired) electrons. The highest BCUT2D eigenvalue weighted by molar-refractivity contribution is 7.99. The first-order valence-electron chi connectivity index (χ1n) is 9.08. The van der Waals surface area contributed by atoms with Crippen LogP contribution in [0.3, 0.4) is 0 Å². The molecule has 2 aromatic rings. The number of aromatic nitrogens is 1. The second kappa shape index (κ2) is 8.43. The molecule has 1 aromatic carbocycles. The molecule has 150 valence electrons. The molecular weight excluding hydrogens is 387 g/mol. The second-order valence-electron chi connectivity index (χ2n) is 6.87. The van der Waals surface area contributed by atoms with E-state index in [2.05, 4.69) is 18.8 Å². The molecule has 1 aliphatic heterocycles. The predicted molar refractivity (Wildman–Crippen MR) is 105 cm³/mol. The van der Waals surface area contributed by atoms with Crippen LogP contribution in [0.1, 0.15) is 29.8 Å². The van der Waals surface area contributed by atoms with Gasteiger partial charge in [0.15, 0.2) is 0 Å². The van der Waals surface area contributed by atoms with Gasteiger partial charge in [-0.2, -0.15) is 13.2 Å². The maximum Gasteiger partial charge on any atom is 0.417 e. The standard InChI is InChI=1S/C20H22F3N3OS/c1-14(2)28-17-6-3-15(4-7-17)19(27)26-11-9-25(10-12-26)18-8-5-16(13-24-18)20(21,22)23/h3-8,13-14H,9-12H2,1-2H3. The van der Waals surface area contributed by atoms with E-state index in [4.69, 9.17) is 0 Å². The Bertz CT molecular complexity index is 799. The Labute approximate surface area is 166 Å². The highest BCUT2D eigenvalue weighted by atomic mass is 32.2. The zero-order valence-electron chi connectivity index (χ0n) is 15.7. The van der Waals surface area contributed by atoms with Gasteiger partial charge in [-0.1, -0.05) is 13.8 Å². The molecule has 3 rings (SSSR count). The minimum Gasteiger partial charge on any atom is -0.353 e. The molecule has 0 bridgehead atoms. The molecule has 1 fully saturated rings. The largest absolute Gasteiger partial charge is 0.417 e. The number of piperazine rings is 1. The van der Waals surface area contributed by atoms with Crippen LogP contribution in [0.4, 0.5) is 19.0 Å². The Balaban J connectivity index is 1.58. The van der Waals surface area contributed by atoms with Crippen LogP contribution in [0.15, 0.2) is 47.5 Å². The summed E-state index contributed by atoms with van der Waals surface area (Å²) in [5.41, 5.74) is -0.113. The molecule has 0 spiro atoms. The van der Waals surface area contributed by atoms with Crippen molar-refractivity contribution in [2.45, 2.75) is 30.2 Å². The smallest absolute Gasteiger partial charge is 0.353 e. The van der Waals surface area contributed by atoms with Crippen LogP contribution in [0.2, 0.25) is 0 Å². The number of amides is 1. The number of alkyl halides is 3. The van der Waals surface area contributed by atoms with Crippen molar-refractivity contribution in [2.75, 3.05) is 31.1 Å². The summed E-state index contributed by atoms with van der Waals surface area (Å²) in [5.74, 6) is 0.469. The van der Waals surface area contributed by atoms with E-state index in [9.17, 15) is 18.0 Å². The van der Waals surface area contributed by atoms with Crippen LogP contribution < -0.4 is 4.90 Å². The lowest BCUT2D eigenvalue weighted by Gasteiger charge is -2.35. The van der Waals surface area contributed by atoms with Gasteiger partial charge in [-0.3, -0.25) is 4.79 Å². The van der Waals surface area contributed by atoms with Crippen LogP contribution in [0, 0.1) is 0 Å². The van der Waals surface area contributed by atoms with Crippen LogP contribution in [-0.4, -0.2) is 47.2 Å². The number of carbonyl (C=O) groups excluding carboxylic acids is 1. The number of hydrogen-bond acceptors (Lipinski definition) is 4. The van der Waals surface area contributed by atoms with E-state index in [0.29, 0.717) is 42.8 Å². The molecule has 2 heterocycles. The fourth-order valence-corrected chi connectivity index (χ4v) is 3.85. The molecule has 1 aromatic heterocycles. The van der Waals surface area contributed by atoms with E-state index < -0.39 is 11.7 Å². The highest BCUT2D eigenvalue weighted by Gasteiger charge is 2.31. The first-order valence-corrected chi connectivity index (χ1v) is 9.96. The Morgan fingerprint density at radius 3 is 2.18 bits per heavy atom. The third kappa shape index (κ3) is 4.98. The Kier molecular flexibility index (Phi) is 6.17. The molecule has 0 N–H and O–H groups in total. The number of anilines is 1. The average molecular weight is 409 g/mol. The van der Waals surface area contributed by atoms with Gasteiger partial charge >= 0.3 is 6.18 Å².